The number of benzene rings is 2. The number of rotatable bonds is 9. The number of hydrogen-bond donors (Lipinski definition) is 4. The van der Waals surface area contributed by atoms with Crippen molar-refractivity contribution in [1.29, 1.82) is 0 Å². The SMILES string of the molecule is O=C(O)CCC(O)N/C(=C\c1ccc(Oc2ccccc2I)cc1)C(=O)O. The molecule has 27 heavy (non-hydrogen) atoms. The Kier molecular flexibility index (Phi) is 7.62. The molecule has 8 heteroatoms. The molecule has 0 amide bonds. The van der Waals surface area contributed by atoms with Gasteiger partial charge in [-0.25, -0.2) is 4.79 Å². The number of carboxylic acids is 2. The second-order valence-corrected chi connectivity index (χ2v) is 6.72. The number of aliphatic hydroxyl groups excluding tert-OH is 1. The molecule has 1 atom stereocenters. The number of carboxylic acid groups (broad SMARTS) is 2. The minimum absolute atomic E-state index is 0.109. The quantitative estimate of drug-likeness (QED) is 0.246. The summed E-state index contributed by atoms with van der Waals surface area (Å²) >= 11 is 2.17. The third-order valence-corrected chi connectivity index (χ3v) is 4.33. The van der Waals surface area contributed by atoms with Crippen LogP contribution in [0.1, 0.15) is 18.4 Å². The highest BCUT2D eigenvalue weighted by Crippen LogP contribution is 2.26. The Labute approximate surface area is 169 Å². The van der Waals surface area contributed by atoms with E-state index in [2.05, 4.69) is 27.9 Å². The highest BCUT2D eigenvalue weighted by Gasteiger charge is 2.13. The zero-order valence-electron chi connectivity index (χ0n) is 14.1. The van der Waals surface area contributed by atoms with Crippen LogP contribution in [0.5, 0.6) is 11.5 Å². The second-order valence-electron chi connectivity index (χ2n) is 5.56. The molecule has 0 spiro atoms. The van der Waals surface area contributed by atoms with Gasteiger partial charge in [0, 0.05) is 12.8 Å². The van der Waals surface area contributed by atoms with E-state index in [1.54, 1.807) is 24.3 Å². The Morgan fingerprint density at radius 2 is 1.78 bits per heavy atom. The molecule has 7 nitrogen and oxygen atoms in total. The summed E-state index contributed by atoms with van der Waals surface area (Å²) < 4.78 is 6.74. The molecule has 2 rings (SSSR count). The van der Waals surface area contributed by atoms with Gasteiger partial charge in [-0.15, -0.1) is 0 Å². The normalized spacial score (nSPS) is 12.3. The van der Waals surface area contributed by atoms with Crippen LogP contribution in [0.15, 0.2) is 54.2 Å². The third kappa shape index (κ3) is 6.91. The van der Waals surface area contributed by atoms with Crippen molar-refractivity contribution in [3.8, 4) is 11.5 Å². The minimum atomic E-state index is -1.27. The van der Waals surface area contributed by atoms with Crippen molar-refractivity contribution in [3.63, 3.8) is 0 Å². The van der Waals surface area contributed by atoms with Crippen molar-refractivity contribution in [3.05, 3.63) is 63.4 Å². The summed E-state index contributed by atoms with van der Waals surface area (Å²) in [5, 5.41) is 30.0. The van der Waals surface area contributed by atoms with Crippen LogP contribution in [-0.4, -0.2) is 33.5 Å². The Balaban J connectivity index is 2.07. The van der Waals surface area contributed by atoms with E-state index in [0.29, 0.717) is 11.3 Å². The van der Waals surface area contributed by atoms with Gasteiger partial charge in [-0.05, 0) is 58.5 Å². The number of nitrogens with one attached hydrogen (secondary N) is 1. The maximum absolute atomic E-state index is 11.3. The number of ether oxygens (including phenoxy) is 1. The first-order chi connectivity index (χ1) is 12.8. The number of carbonyl (C=O) groups is 2. The topological polar surface area (TPSA) is 116 Å². The molecule has 0 aliphatic carbocycles. The fourth-order valence-electron chi connectivity index (χ4n) is 2.13. The zero-order chi connectivity index (χ0) is 19.8. The predicted octanol–water partition coefficient (Wildman–Crippen LogP) is 3.28. The van der Waals surface area contributed by atoms with Crippen LogP contribution in [0, 0.1) is 3.57 Å². The average Bonchev–Trinajstić information content (AvgIpc) is 2.62. The summed E-state index contributed by atoms with van der Waals surface area (Å²) in [6, 6.07) is 14.3. The van der Waals surface area contributed by atoms with E-state index in [-0.39, 0.29) is 18.5 Å². The van der Waals surface area contributed by atoms with E-state index in [1.807, 2.05) is 24.3 Å². The van der Waals surface area contributed by atoms with Gasteiger partial charge in [0.15, 0.2) is 0 Å². The van der Waals surface area contributed by atoms with Gasteiger partial charge in [0.1, 0.15) is 23.4 Å². The molecule has 0 saturated carbocycles. The molecule has 0 bridgehead atoms. The van der Waals surface area contributed by atoms with Crippen molar-refractivity contribution in [1.82, 2.24) is 5.32 Å². The zero-order valence-corrected chi connectivity index (χ0v) is 16.3. The number of halogens is 1. The molecule has 0 aliphatic heterocycles. The van der Waals surface area contributed by atoms with Crippen LogP contribution in [0.25, 0.3) is 6.08 Å². The van der Waals surface area contributed by atoms with E-state index < -0.39 is 18.2 Å². The molecular formula is C19H18INO6. The lowest BCUT2D eigenvalue weighted by molar-refractivity contribution is -0.137. The van der Waals surface area contributed by atoms with Crippen molar-refractivity contribution >= 4 is 40.6 Å². The van der Waals surface area contributed by atoms with Crippen molar-refractivity contribution in [2.75, 3.05) is 0 Å². The monoisotopic (exact) mass is 483 g/mol. The summed E-state index contributed by atoms with van der Waals surface area (Å²) in [5.41, 5.74) is 0.347. The first-order valence-corrected chi connectivity index (χ1v) is 9.07. The van der Waals surface area contributed by atoms with Gasteiger partial charge in [0.25, 0.3) is 0 Å². The number of para-hydroxylation sites is 1. The van der Waals surface area contributed by atoms with Crippen LogP contribution >= 0.6 is 22.6 Å². The molecule has 0 fully saturated rings. The van der Waals surface area contributed by atoms with Gasteiger partial charge in [-0.1, -0.05) is 24.3 Å². The summed E-state index contributed by atoms with van der Waals surface area (Å²) in [4.78, 5) is 21.9. The lowest BCUT2D eigenvalue weighted by atomic mass is 10.1. The average molecular weight is 483 g/mol. The van der Waals surface area contributed by atoms with Gasteiger partial charge in [0.2, 0.25) is 0 Å². The van der Waals surface area contributed by atoms with Crippen LogP contribution in [-0.2, 0) is 9.59 Å². The Morgan fingerprint density at radius 3 is 2.37 bits per heavy atom. The van der Waals surface area contributed by atoms with Crippen LogP contribution in [0.2, 0.25) is 0 Å². The fourth-order valence-corrected chi connectivity index (χ4v) is 2.63. The van der Waals surface area contributed by atoms with E-state index in [4.69, 9.17) is 9.84 Å². The molecule has 0 saturated heterocycles. The maximum Gasteiger partial charge on any atom is 0.352 e. The van der Waals surface area contributed by atoms with Gasteiger partial charge < -0.3 is 25.4 Å². The van der Waals surface area contributed by atoms with Gasteiger partial charge in [-0.3, -0.25) is 4.79 Å². The van der Waals surface area contributed by atoms with E-state index >= 15 is 0 Å². The van der Waals surface area contributed by atoms with Crippen molar-refractivity contribution < 1.29 is 29.6 Å². The second kappa shape index (κ2) is 9.93. The largest absolute Gasteiger partial charge is 0.481 e. The van der Waals surface area contributed by atoms with E-state index in [0.717, 1.165) is 9.32 Å². The molecule has 0 aliphatic rings. The Hall–Kier alpha value is -2.59. The molecule has 0 aromatic heterocycles. The number of hydrogen-bond acceptors (Lipinski definition) is 5. The van der Waals surface area contributed by atoms with Gasteiger partial charge in [0.05, 0.1) is 3.57 Å². The predicted molar refractivity (Wildman–Crippen MR) is 107 cm³/mol. The summed E-state index contributed by atoms with van der Waals surface area (Å²) in [7, 11) is 0. The van der Waals surface area contributed by atoms with E-state index in [9.17, 15) is 19.8 Å². The van der Waals surface area contributed by atoms with Crippen molar-refractivity contribution in [2.24, 2.45) is 0 Å². The highest BCUT2D eigenvalue weighted by molar-refractivity contribution is 14.1. The first-order valence-electron chi connectivity index (χ1n) is 7.99. The molecular weight excluding hydrogens is 465 g/mol. The third-order valence-electron chi connectivity index (χ3n) is 3.44. The Bertz CT molecular complexity index is 834. The van der Waals surface area contributed by atoms with Gasteiger partial charge >= 0.3 is 11.9 Å². The van der Waals surface area contributed by atoms with Crippen LogP contribution < -0.4 is 10.1 Å². The number of aliphatic carboxylic acids is 2. The number of aliphatic hydroxyl groups is 1. The molecule has 0 heterocycles. The summed E-state index contributed by atoms with van der Waals surface area (Å²) in [6.07, 6.45) is -0.304. The molecule has 0 radical (unpaired) electrons. The van der Waals surface area contributed by atoms with E-state index in [1.165, 1.54) is 6.08 Å². The van der Waals surface area contributed by atoms with Crippen LogP contribution in [0.4, 0.5) is 0 Å². The first kappa shape index (κ1) is 20.7. The van der Waals surface area contributed by atoms with Gasteiger partial charge in [-0.2, -0.15) is 0 Å². The standard InChI is InChI=1S/C19H18INO6/c20-14-3-1-2-4-16(14)27-13-7-5-12(6-8-13)11-15(19(25)26)21-17(22)9-10-18(23)24/h1-8,11,17,21-22H,9-10H2,(H,23,24)(H,25,26)/b15-11-. The summed E-state index contributed by atoms with van der Waals surface area (Å²) in [5.74, 6) is -1.01. The molecule has 2 aromatic carbocycles. The Morgan fingerprint density at radius 1 is 1.11 bits per heavy atom. The van der Waals surface area contributed by atoms with Crippen LogP contribution in [0.3, 0.4) is 0 Å². The van der Waals surface area contributed by atoms with Crippen molar-refractivity contribution in [2.45, 2.75) is 19.1 Å². The smallest absolute Gasteiger partial charge is 0.352 e. The lowest BCUT2D eigenvalue weighted by Crippen LogP contribution is -2.31. The molecule has 1 unspecified atom stereocenters. The molecule has 2 aromatic rings. The maximum atomic E-state index is 11.3. The highest BCUT2D eigenvalue weighted by atomic mass is 127. The molecule has 142 valence electrons. The minimum Gasteiger partial charge on any atom is -0.481 e. The fraction of sp³-hybridized carbons (Fsp3) is 0.158. The molecule has 4 N–H and O–H groups in total. The lowest BCUT2D eigenvalue weighted by Gasteiger charge is -2.13. The summed E-state index contributed by atoms with van der Waals surface area (Å²) in [6.45, 7) is 0.